The number of aryl methyl sites for hydroxylation is 1. The molecule has 160 valence electrons. The van der Waals surface area contributed by atoms with Gasteiger partial charge in [-0.1, -0.05) is 23.6 Å². The smallest absolute Gasteiger partial charge is 0.267 e. The standard InChI is InChI=1S/C15H19N3O4.C7H8O/c1-4-9-22-11-7-5-10(6-8-11)13(19)17-12(14(20)18-21)15(2,3)16;1-6-2-4-7(8)5-3-6/h1,5-8,12,21H,9,16H2,2-3H3,(H,17,19)(H,18,20);2-5,8H,1H3/t12-;/m1./s1. The summed E-state index contributed by atoms with van der Waals surface area (Å²) in [6.07, 6.45) is 5.08. The number of carbonyl (C=O) groups is 2. The molecule has 0 aliphatic heterocycles. The number of benzene rings is 2. The monoisotopic (exact) mass is 413 g/mol. The van der Waals surface area contributed by atoms with Crippen LogP contribution in [-0.4, -0.2) is 40.3 Å². The largest absolute Gasteiger partial charge is 0.508 e. The third-order valence-corrected chi connectivity index (χ3v) is 3.86. The number of rotatable bonds is 6. The summed E-state index contributed by atoms with van der Waals surface area (Å²) in [7, 11) is 0. The molecule has 0 bridgehead atoms. The van der Waals surface area contributed by atoms with Crippen LogP contribution in [0.2, 0.25) is 0 Å². The average molecular weight is 413 g/mol. The molecule has 1 atom stereocenters. The summed E-state index contributed by atoms with van der Waals surface area (Å²) in [6.45, 7) is 5.24. The lowest BCUT2D eigenvalue weighted by molar-refractivity contribution is -0.132. The summed E-state index contributed by atoms with van der Waals surface area (Å²) in [5.41, 5.74) is 7.75. The summed E-state index contributed by atoms with van der Waals surface area (Å²) in [4.78, 5) is 23.7. The zero-order chi connectivity index (χ0) is 22.7. The van der Waals surface area contributed by atoms with Gasteiger partial charge in [0.05, 0.1) is 0 Å². The number of hydrogen-bond acceptors (Lipinski definition) is 6. The molecule has 0 heterocycles. The van der Waals surface area contributed by atoms with E-state index in [-0.39, 0.29) is 6.61 Å². The summed E-state index contributed by atoms with van der Waals surface area (Å²) in [5, 5.41) is 20.0. The van der Waals surface area contributed by atoms with E-state index in [0.717, 1.165) is 0 Å². The van der Waals surface area contributed by atoms with Crippen LogP contribution in [0.15, 0.2) is 48.5 Å². The highest BCUT2D eigenvalue weighted by Gasteiger charge is 2.33. The molecule has 0 saturated heterocycles. The van der Waals surface area contributed by atoms with Crippen LogP contribution in [0.3, 0.4) is 0 Å². The number of phenolic OH excluding ortho intramolecular Hbond substituents is 1. The van der Waals surface area contributed by atoms with Gasteiger partial charge >= 0.3 is 0 Å². The molecule has 0 radical (unpaired) electrons. The van der Waals surface area contributed by atoms with Crippen LogP contribution in [0.1, 0.15) is 29.8 Å². The number of carbonyl (C=O) groups excluding carboxylic acids is 2. The number of ether oxygens (including phenoxy) is 1. The van der Waals surface area contributed by atoms with Crippen LogP contribution in [0, 0.1) is 19.3 Å². The molecule has 0 spiro atoms. The van der Waals surface area contributed by atoms with Crippen LogP contribution in [0.5, 0.6) is 11.5 Å². The van der Waals surface area contributed by atoms with Crippen molar-refractivity contribution in [2.45, 2.75) is 32.4 Å². The molecule has 0 aliphatic rings. The Kier molecular flexibility index (Phi) is 9.36. The van der Waals surface area contributed by atoms with Gasteiger partial charge in [0.1, 0.15) is 24.1 Å². The van der Waals surface area contributed by atoms with Crippen molar-refractivity contribution in [3.05, 3.63) is 59.7 Å². The number of amides is 2. The number of terminal acetylenes is 1. The van der Waals surface area contributed by atoms with Crippen molar-refractivity contribution in [1.29, 1.82) is 0 Å². The summed E-state index contributed by atoms with van der Waals surface area (Å²) >= 11 is 0. The minimum absolute atomic E-state index is 0.131. The topological polar surface area (TPSA) is 134 Å². The quantitative estimate of drug-likeness (QED) is 0.278. The highest BCUT2D eigenvalue weighted by Crippen LogP contribution is 2.13. The fourth-order valence-corrected chi connectivity index (χ4v) is 2.24. The predicted molar refractivity (Wildman–Crippen MR) is 113 cm³/mol. The Bertz CT molecular complexity index is 845. The van der Waals surface area contributed by atoms with Crippen LogP contribution in [0.4, 0.5) is 0 Å². The summed E-state index contributed by atoms with van der Waals surface area (Å²) < 4.78 is 5.20. The Hall–Kier alpha value is -3.54. The van der Waals surface area contributed by atoms with Crippen LogP contribution in [0.25, 0.3) is 0 Å². The second kappa shape index (κ2) is 11.5. The fraction of sp³-hybridized carbons (Fsp3) is 0.273. The van der Waals surface area contributed by atoms with E-state index in [4.69, 9.17) is 27.2 Å². The highest BCUT2D eigenvalue weighted by molar-refractivity contribution is 5.97. The Morgan fingerprint density at radius 3 is 2.17 bits per heavy atom. The van der Waals surface area contributed by atoms with E-state index in [0.29, 0.717) is 17.1 Å². The molecule has 0 aliphatic carbocycles. The van der Waals surface area contributed by atoms with Gasteiger partial charge in [0.25, 0.3) is 11.8 Å². The van der Waals surface area contributed by atoms with E-state index in [1.807, 2.05) is 19.1 Å². The fourth-order valence-electron chi connectivity index (χ4n) is 2.24. The number of nitrogens with one attached hydrogen (secondary N) is 2. The summed E-state index contributed by atoms with van der Waals surface area (Å²) in [6, 6.07) is 12.2. The molecule has 0 fully saturated rings. The minimum Gasteiger partial charge on any atom is -0.508 e. The molecular formula is C22H27N3O5. The Labute approximate surface area is 176 Å². The van der Waals surface area contributed by atoms with E-state index in [9.17, 15) is 9.59 Å². The van der Waals surface area contributed by atoms with Gasteiger partial charge in [0, 0.05) is 11.1 Å². The van der Waals surface area contributed by atoms with E-state index >= 15 is 0 Å². The van der Waals surface area contributed by atoms with Gasteiger partial charge in [0.2, 0.25) is 0 Å². The number of hydrogen-bond donors (Lipinski definition) is 5. The molecule has 2 rings (SSSR count). The van der Waals surface area contributed by atoms with E-state index < -0.39 is 23.4 Å². The minimum atomic E-state index is -1.10. The van der Waals surface area contributed by atoms with Crippen LogP contribution < -0.4 is 21.3 Å². The zero-order valence-electron chi connectivity index (χ0n) is 17.2. The molecule has 2 aromatic carbocycles. The molecule has 0 aromatic heterocycles. The van der Waals surface area contributed by atoms with Crippen molar-refractivity contribution in [1.82, 2.24) is 10.8 Å². The molecule has 30 heavy (non-hydrogen) atoms. The first-order valence-electron chi connectivity index (χ1n) is 9.04. The molecule has 2 aromatic rings. The lowest BCUT2D eigenvalue weighted by Crippen LogP contribution is -2.61. The highest BCUT2D eigenvalue weighted by atomic mass is 16.5. The third-order valence-electron chi connectivity index (χ3n) is 3.86. The maximum Gasteiger partial charge on any atom is 0.267 e. The Morgan fingerprint density at radius 2 is 1.73 bits per heavy atom. The maximum atomic E-state index is 12.1. The first kappa shape index (κ1) is 24.5. The van der Waals surface area contributed by atoms with Gasteiger partial charge in [-0.15, -0.1) is 6.42 Å². The Morgan fingerprint density at radius 1 is 1.17 bits per heavy atom. The first-order valence-corrected chi connectivity index (χ1v) is 9.04. The molecule has 0 saturated carbocycles. The first-order chi connectivity index (χ1) is 14.1. The third kappa shape index (κ3) is 8.22. The van der Waals surface area contributed by atoms with Crippen LogP contribution in [-0.2, 0) is 4.79 Å². The van der Waals surface area contributed by atoms with Gasteiger partial charge in [-0.25, -0.2) is 5.48 Å². The second-order valence-corrected chi connectivity index (χ2v) is 7.06. The van der Waals surface area contributed by atoms with Gasteiger partial charge in [-0.05, 0) is 57.2 Å². The lowest BCUT2D eigenvalue weighted by Gasteiger charge is -2.29. The zero-order valence-corrected chi connectivity index (χ0v) is 17.2. The second-order valence-electron chi connectivity index (χ2n) is 7.06. The van der Waals surface area contributed by atoms with Gasteiger partial charge in [-0.3, -0.25) is 14.8 Å². The van der Waals surface area contributed by atoms with Gasteiger partial charge in [0.15, 0.2) is 0 Å². The number of hydroxylamine groups is 1. The SMILES string of the molecule is C#CCOc1ccc(C(=O)N[C@H](C(=O)NO)C(C)(C)N)cc1.Cc1ccc(O)cc1. The molecule has 8 nitrogen and oxygen atoms in total. The van der Waals surface area contributed by atoms with Crippen molar-refractivity contribution in [2.24, 2.45) is 5.73 Å². The number of nitrogens with two attached hydrogens (primary N) is 1. The number of aromatic hydroxyl groups is 1. The van der Waals surface area contributed by atoms with Gasteiger partial charge in [-0.2, -0.15) is 0 Å². The van der Waals surface area contributed by atoms with E-state index in [1.165, 1.54) is 23.2 Å². The molecular weight excluding hydrogens is 386 g/mol. The number of phenols is 1. The molecule has 0 unspecified atom stereocenters. The van der Waals surface area contributed by atoms with Crippen molar-refractivity contribution >= 4 is 11.8 Å². The Balaban J connectivity index is 0.000000467. The van der Waals surface area contributed by atoms with Crippen molar-refractivity contribution in [3.63, 3.8) is 0 Å². The van der Waals surface area contributed by atoms with Crippen LogP contribution >= 0.6 is 0 Å². The van der Waals surface area contributed by atoms with Crippen molar-refractivity contribution < 1.29 is 24.6 Å². The van der Waals surface area contributed by atoms with Crippen molar-refractivity contribution in [2.75, 3.05) is 6.61 Å². The normalized spacial score (nSPS) is 11.2. The predicted octanol–water partition coefficient (Wildman–Crippen LogP) is 1.74. The molecule has 6 N–H and O–H groups in total. The van der Waals surface area contributed by atoms with E-state index in [2.05, 4.69) is 11.2 Å². The summed E-state index contributed by atoms with van der Waals surface area (Å²) in [5.74, 6) is 1.89. The van der Waals surface area contributed by atoms with Crippen molar-refractivity contribution in [3.8, 4) is 23.8 Å². The van der Waals surface area contributed by atoms with Gasteiger partial charge < -0.3 is 20.9 Å². The lowest BCUT2D eigenvalue weighted by atomic mass is 9.95. The van der Waals surface area contributed by atoms with E-state index in [1.54, 1.807) is 38.1 Å². The molecule has 8 heteroatoms. The molecule has 2 amide bonds. The maximum absolute atomic E-state index is 12.1. The average Bonchev–Trinajstić information content (AvgIpc) is 2.72.